The molecule has 1 aromatic heterocycles. The number of hydrogen-bond acceptors (Lipinski definition) is 7. The summed E-state index contributed by atoms with van der Waals surface area (Å²) in [6.45, 7) is 3.80. The Morgan fingerprint density at radius 1 is 1.22 bits per heavy atom. The number of imidazole rings is 1. The van der Waals surface area contributed by atoms with Crippen molar-refractivity contribution in [1.29, 1.82) is 0 Å². The molecular formula is C28H33ClN4O6S2. The number of rotatable bonds is 10. The highest BCUT2D eigenvalue weighted by Gasteiger charge is 2.33. The number of nitrogens with zero attached hydrogens (tertiary/aromatic N) is 3. The number of ether oxygens (including phenoxy) is 2. The van der Waals surface area contributed by atoms with Gasteiger partial charge in [0.05, 0.1) is 13.4 Å². The van der Waals surface area contributed by atoms with Gasteiger partial charge in [0, 0.05) is 29.5 Å². The van der Waals surface area contributed by atoms with Crippen molar-refractivity contribution in [2.75, 3.05) is 26.5 Å². The van der Waals surface area contributed by atoms with Crippen LogP contribution in [0, 0.1) is 17.8 Å². The van der Waals surface area contributed by atoms with Crippen LogP contribution in [0.5, 0.6) is 11.5 Å². The van der Waals surface area contributed by atoms with E-state index < -0.39 is 22.0 Å². The van der Waals surface area contributed by atoms with Crippen molar-refractivity contribution < 1.29 is 27.8 Å². The first-order valence-electron chi connectivity index (χ1n) is 12.3. The Labute approximate surface area is 251 Å². The second kappa shape index (κ2) is 16.0. The molecule has 13 heteroatoms. The number of carbonyl (C=O) groups is 1. The molecule has 0 spiro atoms. The number of benzene rings is 2. The summed E-state index contributed by atoms with van der Waals surface area (Å²) < 4.78 is 38.2. The second-order valence-electron chi connectivity index (χ2n) is 9.05. The third-order valence-electron chi connectivity index (χ3n) is 5.61. The number of carbonyl (C=O) groups excluding carboxylic acids is 1. The van der Waals surface area contributed by atoms with E-state index >= 15 is 0 Å². The summed E-state index contributed by atoms with van der Waals surface area (Å²) in [6, 6.07) is 11.6. The smallest absolute Gasteiger partial charge is 0.266 e. The first-order chi connectivity index (χ1) is 19.3. The number of nitrogens with two attached hydrogens (primary N) is 1. The minimum absolute atomic E-state index is 0.112. The van der Waals surface area contributed by atoms with Crippen LogP contribution in [0.1, 0.15) is 25.0 Å². The second-order valence-corrected chi connectivity index (χ2v) is 11.8. The standard InChI is InChI=1S/C24H29ClN2O5S.C4H4N2OS/c1-17(2)23(24(26)28)27(33(4,29)30)14-13-19-9-12-21(22(16-19)31-3)32-15-5-6-18-7-10-20(25)11-8-18;7-4(8)6-2-1-5-3-6/h7-12,16-17,23H,13-15H2,1-4H3,(H2,26,28);1-3H,(H,7,8)/t23-;/m0./s1. The van der Waals surface area contributed by atoms with Gasteiger partial charge < -0.3 is 20.3 Å². The van der Waals surface area contributed by atoms with Crippen molar-refractivity contribution in [3.8, 4) is 23.3 Å². The van der Waals surface area contributed by atoms with Crippen LogP contribution in [0.2, 0.25) is 5.02 Å². The highest BCUT2D eigenvalue weighted by molar-refractivity contribution is 7.88. The number of halogens is 1. The lowest BCUT2D eigenvalue weighted by atomic mass is 10.0. The van der Waals surface area contributed by atoms with E-state index in [4.69, 9.17) is 31.9 Å². The lowest BCUT2D eigenvalue weighted by Crippen LogP contribution is -2.51. The van der Waals surface area contributed by atoms with Gasteiger partial charge in [-0.25, -0.2) is 13.4 Å². The van der Waals surface area contributed by atoms with E-state index in [0.29, 0.717) is 22.9 Å². The predicted octanol–water partition coefficient (Wildman–Crippen LogP) is 3.67. The van der Waals surface area contributed by atoms with Crippen molar-refractivity contribution in [1.82, 2.24) is 13.9 Å². The lowest BCUT2D eigenvalue weighted by Gasteiger charge is -2.30. The third-order valence-corrected chi connectivity index (χ3v) is 7.33. The minimum atomic E-state index is -3.63. The molecule has 0 aliphatic rings. The van der Waals surface area contributed by atoms with Gasteiger partial charge in [0.1, 0.15) is 19.0 Å². The molecule has 0 saturated heterocycles. The van der Waals surface area contributed by atoms with Gasteiger partial charge >= 0.3 is 0 Å². The van der Waals surface area contributed by atoms with Gasteiger partial charge in [-0.05, 0) is 66.5 Å². The molecule has 0 aliphatic carbocycles. The van der Waals surface area contributed by atoms with E-state index in [9.17, 15) is 13.2 Å². The topological polar surface area (TPSA) is 137 Å². The van der Waals surface area contributed by atoms with Crippen molar-refractivity contribution in [2.24, 2.45) is 11.7 Å². The number of aromatic nitrogens is 2. The highest BCUT2D eigenvalue weighted by Crippen LogP contribution is 2.28. The molecule has 3 N–H and O–H groups in total. The van der Waals surface area contributed by atoms with E-state index in [-0.39, 0.29) is 24.2 Å². The Hall–Kier alpha value is -3.63. The molecule has 3 aromatic rings. The van der Waals surface area contributed by atoms with Crippen LogP contribution in [0.25, 0.3) is 0 Å². The molecule has 0 unspecified atom stereocenters. The van der Waals surface area contributed by atoms with Crippen LogP contribution in [0.4, 0.5) is 0 Å². The summed E-state index contributed by atoms with van der Waals surface area (Å²) in [7, 11) is -2.11. The predicted molar refractivity (Wildman–Crippen MR) is 163 cm³/mol. The largest absolute Gasteiger partial charge is 0.493 e. The van der Waals surface area contributed by atoms with Crippen LogP contribution >= 0.6 is 23.8 Å². The molecule has 1 amide bonds. The van der Waals surface area contributed by atoms with Gasteiger partial charge in [0.25, 0.3) is 5.17 Å². The Balaban J connectivity index is 0.000000629. The quantitative estimate of drug-likeness (QED) is 0.259. The van der Waals surface area contributed by atoms with Crippen LogP contribution in [-0.4, -0.2) is 71.0 Å². The third kappa shape index (κ3) is 11.0. The first kappa shape index (κ1) is 33.6. The molecule has 41 heavy (non-hydrogen) atoms. The SMILES string of the molecule is COc1cc(CCN([C@H](C(N)=O)C(C)C)S(C)(=O)=O)ccc1OCC#Cc1ccc(Cl)cc1.OC(=S)n1ccnc1. The molecule has 0 radical (unpaired) electrons. The summed E-state index contributed by atoms with van der Waals surface area (Å²) in [5.41, 5.74) is 7.13. The number of primary amides is 1. The number of sulfonamides is 1. The fourth-order valence-electron chi connectivity index (χ4n) is 3.70. The molecule has 0 fully saturated rings. The van der Waals surface area contributed by atoms with E-state index in [2.05, 4.69) is 29.0 Å². The van der Waals surface area contributed by atoms with Crippen LogP contribution in [-0.2, 0) is 21.2 Å². The first-order valence-corrected chi connectivity index (χ1v) is 15.0. The zero-order valence-corrected chi connectivity index (χ0v) is 25.5. The fourth-order valence-corrected chi connectivity index (χ4v) is 5.11. The molecule has 3 rings (SSSR count). The maximum absolute atomic E-state index is 12.3. The Bertz CT molecular complexity index is 1470. The average Bonchev–Trinajstić information content (AvgIpc) is 3.45. The zero-order chi connectivity index (χ0) is 30.6. The molecule has 1 heterocycles. The molecule has 2 aromatic carbocycles. The number of methoxy groups -OCH3 is 1. The number of thiocarbonyl (C=S) groups is 1. The van der Waals surface area contributed by atoms with Gasteiger partial charge in [-0.15, -0.1) is 0 Å². The number of hydrogen-bond donors (Lipinski definition) is 2. The summed E-state index contributed by atoms with van der Waals surface area (Å²) >= 11 is 10.3. The van der Waals surface area contributed by atoms with Gasteiger partial charge in [0.15, 0.2) is 11.5 Å². The van der Waals surface area contributed by atoms with Gasteiger partial charge in [-0.3, -0.25) is 9.36 Å². The normalized spacial score (nSPS) is 11.6. The summed E-state index contributed by atoms with van der Waals surface area (Å²) in [6.07, 6.45) is 6.00. The maximum atomic E-state index is 12.3. The Kier molecular flexibility index (Phi) is 13.1. The average molecular weight is 621 g/mol. The Morgan fingerprint density at radius 3 is 2.39 bits per heavy atom. The molecule has 0 saturated carbocycles. The van der Waals surface area contributed by atoms with Gasteiger partial charge in [-0.1, -0.05) is 43.4 Å². The van der Waals surface area contributed by atoms with E-state index in [0.717, 1.165) is 21.7 Å². The molecule has 0 aliphatic heterocycles. The molecule has 10 nitrogen and oxygen atoms in total. The van der Waals surface area contributed by atoms with E-state index in [1.165, 1.54) is 18.0 Å². The summed E-state index contributed by atoms with van der Waals surface area (Å²) in [4.78, 5) is 15.5. The van der Waals surface area contributed by atoms with E-state index in [1.807, 2.05) is 18.2 Å². The highest BCUT2D eigenvalue weighted by atomic mass is 35.5. The molecule has 1 atom stereocenters. The Morgan fingerprint density at radius 2 is 1.90 bits per heavy atom. The summed E-state index contributed by atoms with van der Waals surface area (Å²) in [5.74, 6) is 6.03. The monoisotopic (exact) mass is 620 g/mol. The van der Waals surface area contributed by atoms with Gasteiger partial charge in [-0.2, -0.15) is 4.31 Å². The van der Waals surface area contributed by atoms with Crippen LogP contribution < -0.4 is 15.2 Å². The van der Waals surface area contributed by atoms with E-state index in [1.54, 1.807) is 50.5 Å². The molecular weight excluding hydrogens is 588 g/mol. The zero-order valence-electron chi connectivity index (χ0n) is 23.2. The number of aliphatic hydroxyl groups excluding tert-OH is 1. The van der Waals surface area contributed by atoms with Crippen molar-refractivity contribution in [3.63, 3.8) is 0 Å². The molecule has 0 bridgehead atoms. The van der Waals surface area contributed by atoms with Crippen molar-refractivity contribution in [3.05, 3.63) is 77.3 Å². The fraction of sp³-hybridized carbons (Fsp3) is 0.321. The van der Waals surface area contributed by atoms with Gasteiger partial charge in [0.2, 0.25) is 15.9 Å². The molecule has 220 valence electrons. The maximum Gasteiger partial charge on any atom is 0.266 e. The van der Waals surface area contributed by atoms with Crippen molar-refractivity contribution in [2.45, 2.75) is 26.3 Å². The van der Waals surface area contributed by atoms with Crippen LogP contribution in [0.15, 0.2) is 61.2 Å². The minimum Gasteiger partial charge on any atom is -0.493 e. The van der Waals surface area contributed by atoms with Crippen LogP contribution in [0.3, 0.4) is 0 Å². The number of amides is 1. The number of aliphatic hydroxyl groups is 1. The summed E-state index contributed by atoms with van der Waals surface area (Å²) in [5, 5.41) is 9.04. The lowest BCUT2D eigenvalue weighted by molar-refractivity contribution is -0.122. The van der Waals surface area contributed by atoms with Crippen molar-refractivity contribution >= 4 is 44.9 Å².